The first-order valence-corrected chi connectivity index (χ1v) is 11.2. The molecule has 0 radical (unpaired) electrons. The average molecular weight is 463 g/mol. The summed E-state index contributed by atoms with van der Waals surface area (Å²) in [7, 11) is 0. The molecule has 3 aromatic carbocycles. The van der Waals surface area contributed by atoms with E-state index in [0.29, 0.717) is 17.9 Å². The van der Waals surface area contributed by atoms with Crippen molar-refractivity contribution in [3.63, 3.8) is 0 Å². The molecule has 7 nitrogen and oxygen atoms in total. The van der Waals surface area contributed by atoms with E-state index in [0.717, 1.165) is 21.2 Å². The van der Waals surface area contributed by atoms with E-state index in [2.05, 4.69) is 5.32 Å². The molecule has 4 rings (SSSR count). The summed E-state index contributed by atoms with van der Waals surface area (Å²) in [5.41, 5.74) is 1.80. The Morgan fingerprint density at radius 2 is 1.48 bits per heavy atom. The highest BCUT2D eigenvalue weighted by atomic mass is 32.2. The highest BCUT2D eigenvalue weighted by Crippen LogP contribution is 2.47. The SMILES string of the molecule is CCOc1ccccc1C(=O)NCC(=O)OCC(=O)N1c2ccccc2Sc2ccccc21. The van der Waals surface area contributed by atoms with Gasteiger partial charge in [0, 0.05) is 9.79 Å². The van der Waals surface area contributed by atoms with Gasteiger partial charge in [0.1, 0.15) is 12.3 Å². The number of para-hydroxylation sites is 3. The summed E-state index contributed by atoms with van der Waals surface area (Å²) < 4.78 is 10.6. The molecule has 0 fully saturated rings. The van der Waals surface area contributed by atoms with Gasteiger partial charge in [0.15, 0.2) is 6.61 Å². The van der Waals surface area contributed by atoms with E-state index in [4.69, 9.17) is 9.47 Å². The third-order valence-electron chi connectivity index (χ3n) is 4.86. The maximum atomic E-state index is 13.0. The highest BCUT2D eigenvalue weighted by molar-refractivity contribution is 7.99. The molecule has 0 unspecified atom stereocenters. The minimum Gasteiger partial charge on any atom is -0.493 e. The van der Waals surface area contributed by atoms with Crippen molar-refractivity contribution < 1.29 is 23.9 Å². The molecule has 0 saturated carbocycles. The Morgan fingerprint density at radius 3 is 2.15 bits per heavy atom. The zero-order valence-corrected chi connectivity index (χ0v) is 18.8. The maximum Gasteiger partial charge on any atom is 0.325 e. The molecule has 0 spiro atoms. The first kappa shape index (κ1) is 22.4. The molecule has 8 heteroatoms. The molecule has 33 heavy (non-hydrogen) atoms. The Bertz CT molecular complexity index is 1150. The fraction of sp³-hybridized carbons (Fsp3) is 0.160. The minimum atomic E-state index is -0.710. The van der Waals surface area contributed by atoms with Crippen molar-refractivity contribution in [2.45, 2.75) is 16.7 Å². The van der Waals surface area contributed by atoms with Gasteiger partial charge in [-0.1, -0.05) is 48.2 Å². The number of ether oxygens (including phenoxy) is 2. The van der Waals surface area contributed by atoms with Gasteiger partial charge in [-0.25, -0.2) is 0 Å². The first-order chi connectivity index (χ1) is 16.1. The number of anilines is 2. The molecule has 0 atom stereocenters. The number of rotatable bonds is 7. The lowest BCUT2D eigenvalue weighted by Gasteiger charge is -2.30. The van der Waals surface area contributed by atoms with Crippen molar-refractivity contribution in [2.24, 2.45) is 0 Å². The number of amides is 2. The summed E-state index contributed by atoms with van der Waals surface area (Å²) in [5.74, 6) is -1.12. The number of nitrogens with zero attached hydrogens (tertiary/aromatic N) is 1. The summed E-state index contributed by atoms with van der Waals surface area (Å²) in [6, 6.07) is 21.9. The highest BCUT2D eigenvalue weighted by Gasteiger charge is 2.28. The second-order valence-corrected chi connectivity index (χ2v) is 8.12. The number of fused-ring (bicyclic) bond motifs is 2. The number of carbonyl (C=O) groups excluding carboxylic acids is 3. The van der Waals surface area contributed by atoms with Gasteiger partial charge < -0.3 is 14.8 Å². The van der Waals surface area contributed by atoms with Gasteiger partial charge in [-0.3, -0.25) is 19.3 Å². The van der Waals surface area contributed by atoms with E-state index in [-0.39, 0.29) is 12.5 Å². The van der Waals surface area contributed by atoms with Crippen molar-refractivity contribution in [2.75, 3.05) is 24.7 Å². The fourth-order valence-corrected chi connectivity index (χ4v) is 4.47. The largest absolute Gasteiger partial charge is 0.493 e. The van der Waals surface area contributed by atoms with Crippen LogP contribution in [-0.2, 0) is 14.3 Å². The van der Waals surface area contributed by atoms with Gasteiger partial charge in [0.2, 0.25) is 0 Å². The van der Waals surface area contributed by atoms with Gasteiger partial charge in [-0.2, -0.15) is 0 Å². The second kappa shape index (κ2) is 10.2. The lowest BCUT2D eigenvalue weighted by molar-refractivity contribution is -0.146. The van der Waals surface area contributed by atoms with Crippen molar-refractivity contribution in [3.8, 4) is 5.75 Å². The summed E-state index contributed by atoms with van der Waals surface area (Å²) in [6.45, 7) is 1.42. The molecule has 0 aliphatic carbocycles. The van der Waals surface area contributed by atoms with Gasteiger partial charge in [-0.15, -0.1) is 0 Å². The molecular formula is C25H22N2O5S. The second-order valence-electron chi connectivity index (χ2n) is 7.04. The van der Waals surface area contributed by atoms with Crippen molar-refractivity contribution >= 4 is 40.9 Å². The Kier molecular flexibility index (Phi) is 6.95. The molecular weight excluding hydrogens is 440 g/mol. The van der Waals surface area contributed by atoms with Crippen molar-refractivity contribution in [1.29, 1.82) is 0 Å². The summed E-state index contributed by atoms with van der Waals surface area (Å²) >= 11 is 1.58. The van der Waals surface area contributed by atoms with Crippen LogP contribution >= 0.6 is 11.8 Å². The molecule has 1 aliphatic rings. The number of benzene rings is 3. The smallest absolute Gasteiger partial charge is 0.325 e. The molecule has 0 saturated heterocycles. The number of hydrogen-bond donors (Lipinski definition) is 1. The average Bonchev–Trinajstić information content (AvgIpc) is 2.84. The zero-order chi connectivity index (χ0) is 23.2. The van der Waals surface area contributed by atoms with Gasteiger partial charge in [0.25, 0.3) is 11.8 Å². The lowest BCUT2D eigenvalue weighted by Crippen LogP contribution is -2.35. The van der Waals surface area contributed by atoms with E-state index < -0.39 is 18.5 Å². The van der Waals surface area contributed by atoms with Crippen LogP contribution in [0.25, 0.3) is 0 Å². The Morgan fingerprint density at radius 1 is 0.879 bits per heavy atom. The molecule has 0 aromatic heterocycles. The van der Waals surface area contributed by atoms with Crippen LogP contribution in [0.1, 0.15) is 17.3 Å². The first-order valence-electron chi connectivity index (χ1n) is 10.4. The van der Waals surface area contributed by atoms with Crippen LogP contribution in [0, 0.1) is 0 Å². The monoisotopic (exact) mass is 462 g/mol. The number of nitrogens with one attached hydrogen (secondary N) is 1. The van der Waals surface area contributed by atoms with E-state index in [1.165, 1.54) is 0 Å². The minimum absolute atomic E-state index is 0.322. The molecule has 3 aromatic rings. The van der Waals surface area contributed by atoms with Crippen LogP contribution in [0.5, 0.6) is 5.75 Å². The molecule has 1 N–H and O–H groups in total. The number of esters is 1. The van der Waals surface area contributed by atoms with Crippen LogP contribution in [0.3, 0.4) is 0 Å². The van der Waals surface area contributed by atoms with Gasteiger partial charge in [-0.05, 0) is 43.3 Å². The normalized spacial score (nSPS) is 11.7. The van der Waals surface area contributed by atoms with Gasteiger partial charge >= 0.3 is 5.97 Å². The maximum absolute atomic E-state index is 13.0. The third-order valence-corrected chi connectivity index (χ3v) is 5.99. The quantitative estimate of drug-likeness (QED) is 0.530. The topological polar surface area (TPSA) is 84.9 Å². The van der Waals surface area contributed by atoms with Crippen molar-refractivity contribution in [3.05, 3.63) is 78.4 Å². The Hall–Kier alpha value is -3.78. The predicted octanol–water partition coefficient (Wildman–Crippen LogP) is 4.19. The van der Waals surface area contributed by atoms with Gasteiger partial charge in [0.05, 0.1) is 23.5 Å². The number of hydrogen-bond acceptors (Lipinski definition) is 6. The van der Waals surface area contributed by atoms with Crippen LogP contribution in [0.4, 0.5) is 11.4 Å². The molecule has 168 valence electrons. The van der Waals surface area contributed by atoms with E-state index in [9.17, 15) is 14.4 Å². The molecule has 0 bridgehead atoms. The Labute approximate surface area is 195 Å². The van der Waals surface area contributed by atoms with Crippen molar-refractivity contribution in [1.82, 2.24) is 5.32 Å². The lowest BCUT2D eigenvalue weighted by atomic mass is 10.2. The summed E-state index contributed by atoms with van der Waals surface area (Å²) in [6.07, 6.45) is 0. The van der Waals surface area contributed by atoms with Crippen LogP contribution in [0.2, 0.25) is 0 Å². The Balaban J connectivity index is 1.38. The van der Waals surface area contributed by atoms with E-state index >= 15 is 0 Å². The summed E-state index contributed by atoms with van der Waals surface area (Å²) in [4.78, 5) is 41.1. The standard InChI is InChI=1S/C25H22N2O5S/c1-2-31-20-12-6-3-9-17(20)25(30)26-15-24(29)32-16-23(28)27-18-10-4-7-13-21(18)33-22-14-8-5-11-19(22)27/h3-14H,2,15-16H2,1H3,(H,26,30). The predicted molar refractivity (Wildman–Crippen MR) is 125 cm³/mol. The zero-order valence-electron chi connectivity index (χ0n) is 17.9. The molecule has 1 heterocycles. The van der Waals surface area contributed by atoms with Crippen LogP contribution in [0.15, 0.2) is 82.6 Å². The third kappa shape index (κ3) is 5.01. The molecule has 2 amide bonds. The molecule has 1 aliphatic heterocycles. The van der Waals surface area contributed by atoms with Crippen LogP contribution in [-0.4, -0.2) is 37.5 Å². The van der Waals surface area contributed by atoms with E-state index in [1.807, 2.05) is 55.5 Å². The number of carbonyl (C=O) groups is 3. The summed E-state index contributed by atoms with van der Waals surface area (Å²) in [5, 5.41) is 2.51. The van der Waals surface area contributed by atoms with Crippen LogP contribution < -0.4 is 15.0 Å². The fourth-order valence-electron chi connectivity index (χ4n) is 3.41. The van der Waals surface area contributed by atoms with E-state index in [1.54, 1.807) is 40.9 Å².